The second-order valence-electron chi connectivity index (χ2n) is 5.72. The van der Waals surface area contributed by atoms with Gasteiger partial charge in [0.15, 0.2) is 0 Å². The fourth-order valence-electron chi connectivity index (χ4n) is 2.72. The van der Waals surface area contributed by atoms with Gasteiger partial charge in [-0.25, -0.2) is 0 Å². The molecule has 13 heavy (non-hydrogen) atoms. The van der Waals surface area contributed by atoms with Crippen molar-refractivity contribution in [2.75, 3.05) is 0 Å². The van der Waals surface area contributed by atoms with E-state index in [0.717, 1.165) is 11.8 Å². The Labute approximate surface area is 84.1 Å². The summed E-state index contributed by atoms with van der Waals surface area (Å²) in [5.74, 6) is 1.81. The Bertz CT molecular complexity index is 148. The molecule has 1 saturated carbocycles. The zero-order chi connectivity index (χ0) is 9.90. The van der Waals surface area contributed by atoms with Crippen LogP contribution >= 0.6 is 0 Å². The van der Waals surface area contributed by atoms with E-state index in [2.05, 4.69) is 27.7 Å². The van der Waals surface area contributed by atoms with Crippen LogP contribution in [0.2, 0.25) is 0 Å². The molecule has 1 fully saturated rings. The monoisotopic (exact) mass is 182 g/mol. The summed E-state index contributed by atoms with van der Waals surface area (Å²) in [7, 11) is 0. The molecule has 2 atom stereocenters. The van der Waals surface area contributed by atoms with Crippen LogP contribution in [0.15, 0.2) is 0 Å². The van der Waals surface area contributed by atoms with Gasteiger partial charge in [-0.3, -0.25) is 0 Å². The predicted molar refractivity (Wildman–Crippen MR) is 59.8 cm³/mol. The van der Waals surface area contributed by atoms with Gasteiger partial charge in [-0.15, -0.1) is 0 Å². The third-order valence-electron chi connectivity index (χ3n) is 4.15. The second kappa shape index (κ2) is 4.48. The van der Waals surface area contributed by atoms with Crippen molar-refractivity contribution >= 4 is 0 Å². The van der Waals surface area contributed by atoms with E-state index in [9.17, 15) is 0 Å². The Morgan fingerprint density at radius 2 is 1.85 bits per heavy atom. The van der Waals surface area contributed by atoms with Crippen molar-refractivity contribution in [2.45, 2.75) is 66.2 Å². The van der Waals surface area contributed by atoms with Crippen LogP contribution < -0.4 is 0 Å². The van der Waals surface area contributed by atoms with Crippen molar-refractivity contribution in [2.24, 2.45) is 17.3 Å². The van der Waals surface area contributed by atoms with Crippen molar-refractivity contribution in [3.05, 3.63) is 0 Å². The molecular formula is C13H26. The zero-order valence-corrected chi connectivity index (χ0v) is 9.90. The van der Waals surface area contributed by atoms with E-state index >= 15 is 0 Å². The van der Waals surface area contributed by atoms with Gasteiger partial charge >= 0.3 is 0 Å². The zero-order valence-electron chi connectivity index (χ0n) is 9.90. The smallest absolute Gasteiger partial charge is 0.0300 e. The van der Waals surface area contributed by atoms with Crippen LogP contribution in [0, 0.1) is 17.3 Å². The molecule has 0 N–H and O–H groups in total. The molecule has 0 aromatic rings. The van der Waals surface area contributed by atoms with Gasteiger partial charge in [0.2, 0.25) is 0 Å². The van der Waals surface area contributed by atoms with Crippen LogP contribution in [0.1, 0.15) is 66.2 Å². The van der Waals surface area contributed by atoms with Crippen LogP contribution in [0.25, 0.3) is 0 Å². The summed E-state index contributed by atoms with van der Waals surface area (Å²) in [6.45, 7) is 9.73. The van der Waals surface area contributed by atoms with Crippen LogP contribution in [-0.2, 0) is 0 Å². The molecule has 0 aliphatic heterocycles. The van der Waals surface area contributed by atoms with E-state index < -0.39 is 0 Å². The summed E-state index contributed by atoms with van der Waals surface area (Å²) in [4.78, 5) is 0. The van der Waals surface area contributed by atoms with Gasteiger partial charge in [-0.1, -0.05) is 53.4 Å². The Hall–Kier alpha value is 0. The lowest BCUT2D eigenvalue weighted by Gasteiger charge is -2.38. The fourth-order valence-corrected chi connectivity index (χ4v) is 2.72. The number of hydrogen-bond donors (Lipinski definition) is 0. The summed E-state index contributed by atoms with van der Waals surface area (Å²) in [5.41, 5.74) is 0.625. The first kappa shape index (κ1) is 11.1. The van der Waals surface area contributed by atoms with Crippen molar-refractivity contribution in [3.63, 3.8) is 0 Å². The molecule has 2 unspecified atom stereocenters. The second-order valence-corrected chi connectivity index (χ2v) is 5.72. The van der Waals surface area contributed by atoms with Crippen molar-refractivity contribution in [3.8, 4) is 0 Å². The largest absolute Gasteiger partial charge is 0.0625 e. The minimum atomic E-state index is 0.625. The minimum Gasteiger partial charge on any atom is -0.0625 e. The Morgan fingerprint density at radius 1 is 1.15 bits per heavy atom. The van der Waals surface area contributed by atoms with Crippen molar-refractivity contribution in [1.29, 1.82) is 0 Å². The molecule has 0 aromatic carbocycles. The molecule has 1 rings (SSSR count). The van der Waals surface area contributed by atoms with Gasteiger partial charge in [0.25, 0.3) is 0 Å². The van der Waals surface area contributed by atoms with Crippen LogP contribution in [0.5, 0.6) is 0 Å². The van der Waals surface area contributed by atoms with Gasteiger partial charge in [0.05, 0.1) is 0 Å². The highest BCUT2D eigenvalue weighted by atomic mass is 14.4. The van der Waals surface area contributed by atoms with Gasteiger partial charge in [-0.05, 0) is 30.1 Å². The highest BCUT2D eigenvalue weighted by molar-refractivity contribution is 4.81. The quantitative estimate of drug-likeness (QED) is 0.554. The maximum Gasteiger partial charge on any atom is -0.0300 e. The Balaban J connectivity index is 2.59. The Kier molecular flexibility index (Phi) is 3.82. The topological polar surface area (TPSA) is 0 Å². The maximum atomic E-state index is 2.50. The highest BCUT2D eigenvalue weighted by Gasteiger charge is 2.30. The van der Waals surface area contributed by atoms with E-state index in [1.54, 1.807) is 0 Å². The predicted octanol–water partition coefficient (Wildman–Crippen LogP) is 4.64. The summed E-state index contributed by atoms with van der Waals surface area (Å²) < 4.78 is 0. The van der Waals surface area contributed by atoms with E-state index in [1.807, 2.05) is 0 Å². The van der Waals surface area contributed by atoms with Crippen LogP contribution in [-0.4, -0.2) is 0 Å². The number of rotatable bonds is 1. The highest BCUT2D eigenvalue weighted by Crippen LogP contribution is 2.41. The van der Waals surface area contributed by atoms with Gasteiger partial charge in [-0.2, -0.15) is 0 Å². The standard InChI is InChI=1S/C13H26/c1-11(2)13(4)9-7-5-6-8-12(3)10-13/h11-12H,5-10H2,1-4H3. The van der Waals surface area contributed by atoms with Crippen LogP contribution in [0.3, 0.4) is 0 Å². The van der Waals surface area contributed by atoms with Crippen LogP contribution in [0.4, 0.5) is 0 Å². The van der Waals surface area contributed by atoms with E-state index in [0.29, 0.717) is 5.41 Å². The average molecular weight is 182 g/mol. The molecule has 1 aliphatic rings. The summed E-state index contributed by atoms with van der Waals surface area (Å²) in [5, 5.41) is 0. The SMILES string of the molecule is CC1CCCCCC(C)(C(C)C)C1. The third kappa shape index (κ3) is 3.00. The third-order valence-corrected chi connectivity index (χ3v) is 4.15. The van der Waals surface area contributed by atoms with E-state index in [4.69, 9.17) is 0 Å². The van der Waals surface area contributed by atoms with E-state index in [1.165, 1.54) is 38.5 Å². The molecule has 0 spiro atoms. The molecule has 0 heterocycles. The molecule has 0 bridgehead atoms. The molecule has 0 nitrogen and oxygen atoms in total. The van der Waals surface area contributed by atoms with Crippen molar-refractivity contribution in [1.82, 2.24) is 0 Å². The van der Waals surface area contributed by atoms with Gasteiger partial charge < -0.3 is 0 Å². The molecule has 0 aromatic heterocycles. The summed E-state index contributed by atoms with van der Waals surface area (Å²) in [6.07, 6.45) is 8.76. The molecular weight excluding hydrogens is 156 g/mol. The first-order chi connectivity index (χ1) is 6.04. The lowest BCUT2D eigenvalue weighted by atomic mass is 9.68. The Morgan fingerprint density at radius 3 is 2.46 bits per heavy atom. The summed E-state index contributed by atoms with van der Waals surface area (Å²) >= 11 is 0. The number of hydrogen-bond acceptors (Lipinski definition) is 0. The maximum absolute atomic E-state index is 2.50. The first-order valence-electron chi connectivity index (χ1n) is 6.04. The average Bonchev–Trinajstić information content (AvgIpc) is 2.00. The molecule has 0 amide bonds. The lowest BCUT2D eigenvalue weighted by molar-refractivity contribution is 0.132. The fraction of sp³-hybridized carbons (Fsp3) is 1.00. The molecule has 0 heteroatoms. The van der Waals surface area contributed by atoms with Gasteiger partial charge in [0.1, 0.15) is 0 Å². The lowest BCUT2D eigenvalue weighted by Crippen LogP contribution is -2.27. The van der Waals surface area contributed by atoms with Crippen molar-refractivity contribution < 1.29 is 0 Å². The van der Waals surface area contributed by atoms with Gasteiger partial charge in [0, 0.05) is 0 Å². The molecule has 78 valence electrons. The minimum absolute atomic E-state index is 0.625. The van der Waals surface area contributed by atoms with E-state index in [-0.39, 0.29) is 0 Å². The normalized spacial score (nSPS) is 37.2. The molecule has 0 saturated heterocycles. The summed E-state index contributed by atoms with van der Waals surface area (Å²) in [6, 6.07) is 0. The first-order valence-corrected chi connectivity index (χ1v) is 6.04. The molecule has 0 radical (unpaired) electrons. The molecule has 1 aliphatic carbocycles.